The van der Waals surface area contributed by atoms with Gasteiger partial charge >= 0.3 is 6.09 Å². The first kappa shape index (κ1) is 25.8. The van der Waals surface area contributed by atoms with Crippen molar-refractivity contribution in [1.29, 1.82) is 0 Å². The number of carbonyl (C=O) groups excluding carboxylic acids is 4. The Morgan fingerprint density at radius 3 is 2.66 bits per heavy atom. The van der Waals surface area contributed by atoms with Crippen molar-refractivity contribution < 1.29 is 23.9 Å². The van der Waals surface area contributed by atoms with Gasteiger partial charge in [-0.3, -0.25) is 14.4 Å². The van der Waals surface area contributed by atoms with E-state index in [1.807, 2.05) is 30.3 Å². The van der Waals surface area contributed by atoms with Crippen molar-refractivity contribution in [1.82, 2.24) is 25.9 Å². The van der Waals surface area contributed by atoms with Crippen LogP contribution in [-0.4, -0.2) is 52.3 Å². The molecular weight excluding hydrogens is 450 g/mol. The number of ketones is 1. The molecule has 2 unspecified atom stereocenters. The number of nitrogens with one attached hydrogen (secondary N) is 3. The quantitative estimate of drug-likeness (QED) is 0.531. The topological polar surface area (TPSA) is 139 Å². The zero-order chi connectivity index (χ0) is 25.2. The number of hydrogen-bond donors (Lipinski definition) is 3. The smallest absolute Gasteiger partial charge is 0.408 e. The van der Waals surface area contributed by atoms with Crippen LogP contribution in [0.1, 0.15) is 43.8 Å². The molecule has 10 nitrogen and oxygen atoms in total. The van der Waals surface area contributed by atoms with Gasteiger partial charge in [0.05, 0.1) is 6.04 Å². The molecule has 2 atom stereocenters. The first-order chi connectivity index (χ1) is 16.8. The summed E-state index contributed by atoms with van der Waals surface area (Å²) in [4.78, 5) is 59.3. The van der Waals surface area contributed by atoms with Crippen LogP contribution in [0.15, 0.2) is 42.6 Å². The molecule has 0 aliphatic carbocycles. The summed E-state index contributed by atoms with van der Waals surface area (Å²) in [6, 6.07) is 8.96. The monoisotopic (exact) mass is 481 g/mol. The predicted molar refractivity (Wildman–Crippen MR) is 127 cm³/mol. The Kier molecular flexibility index (Phi) is 9.28. The number of hydrogen-bond acceptors (Lipinski definition) is 7. The zero-order valence-electron chi connectivity index (χ0n) is 20.0. The maximum atomic E-state index is 13.0. The summed E-state index contributed by atoms with van der Waals surface area (Å²) < 4.78 is 5.23. The van der Waals surface area contributed by atoms with E-state index in [-0.39, 0.29) is 25.5 Å². The second-order valence-corrected chi connectivity index (χ2v) is 8.72. The van der Waals surface area contributed by atoms with E-state index in [9.17, 15) is 19.2 Å². The highest BCUT2D eigenvalue weighted by Crippen LogP contribution is 2.10. The molecular formula is C25H31N5O5. The summed E-state index contributed by atoms with van der Waals surface area (Å²) in [7, 11) is 0. The summed E-state index contributed by atoms with van der Waals surface area (Å²) in [5.41, 5.74) is 1.60. The molecule has 2 heterocycles. The van der Waals surface area contributed by atoms with E-state index in [0.29, 0.717) is 25.1 Å². The van der Waals surface area contributed by atoms with Crippen LogP contribution in [0, 0.1) is 5.92 Å². The second kappa shape index (κ2) is 12.6. The molecule has 0 spiro atoms. The van der Waals surface area contributed by atoms with E-state index in [1.54, 1.807) is 26.1 Å². The van der Waals surface area contributed by atoms with Crippen molar-refractivity contribution in [2.45, 2.75) is 58.2 Å². The van der Waals surface area contributed by atoms with Gasteiger partial charge in [0, 0.05) is 31.3 Å². The molecule has 1 aromatic heterocycles. The number of aryl methyl sites for hydroxylation is 1. The zero-order valence-corrected chi connectivity index (χ0v) is 20.0. The van der Waals surface area contributed by atoms with Gasteiger partial charge in [-0.1, -0.05) is 44.2 Å². The number of carbonyl (C=O) groups is 4. The summed E-state index contributed by atoms with van der Waals surface area (Å²) in [5, 5.41) is 7.82. The molecule has 0 saturated heterocycles. The van der Waals surface area contributed by atoms with Crippen LogP contribution in [0.5, 0.6) is 0 Å². The Labute approximate surface area is 204 Å². The lowest BCUT2D eigenvalue weighted by Crippen LogP contribution is -2.55. The molecule has 3 rings (SSSR count). The van der Waals surface area contributed by atoms with Crippen LogP contribution < -0.4 is 16.0 Å². The molecule has 2 bridgehead atoms. The lowest BCUT2D eigenvalue weighted by atomic mass is 10.00. The number of Topliss-reactive ketones (excluding diaryl/α,β-unsaturated/α-hetero) is 1. The molecule has 3 N–H and O–H groups in total. The number of fused-ring (bicyclic) bond motifs is 2. The highest BCUT2D eigenvalue weighted by atomic mass is 16.5. The van der Waals surface area contributed by atoms with Crippen molar-refractivity contribution >= 4 is 23.7 Å². The van der Waals surface area contributed by atoms with Crippen molar-refractivity contribution in [3.8, 4) is 0 Å². The Morgan fingerprint density at radius 2 is 1.91 bits per heavy atom. The van der Waals surface area contributed by atoms with Crippen molar-refractivity contribution in [3.63, 3.8) is 0 Å². The molecule has 186 valence electrons. The lowest BCUT2D eigenvalue weighted by molar-refractivity contribution is -0.140. The fourth-order valence-electron chi connectivity index (χ4n) is 3.67. The minimum absolute atomic E-state index is 0.0592. The van der Waals surface area contributed by atoms with E-state index in [2.05, 4.69) is 25.9 Å². The number of alkyl carbamates (subject to hydrolysis) is 1. The molecule has 0 saturated carbocycles. The van der Waals surface area contributed by atoms with Crippen molar-refractivity contribution in [3.05, 3.63) is 59.7 Å². The number of nitrogens with zero attached hydrogens (tertiary/aromatic N) is 2. The maximum Gasteiger partial charge on any atom is 0.408 e. The SMILES string of the molecule is CC(C)C(NC(=O)OCc1ccccc1)C(=O)NC1CCCc2nccc(n2)CCNC(=O)C1=O. The molecule has 0 radical (unpaired) electrons. The third kappa shape index (κ3) is 7.87. The van der Waals surface area contributed by atoms with Crippen LogP contribution in [0.25, 0.3) is 0 Å². The van der Waals surface area contributed by atoms with Crippen LogP contribution in [0.4, 0.5) is 4.79 Å². The minimum Gasteiger partial charge on any atom is -0.445 e. The van der Waals surface area contributed by atoms with Gasteiger partial charge in [-0.25, -0.2) is 14.8 Å². The Bertz CT molecular complexity index is 1040. The summed E-state index contributed by atoms with van der Waals surface area (Å²) >= 11 is 0. The van der Waals surface area contributed by atoms with Crippen LogP contribution in [0.2, 0.25) is 0 Å². The van der Waals surface area contributed by atoms with Gasteiger partial charge in [-0.05, 0) is 30.4 Å². The minimum atomic E-state index is -1.03. The molecule has 10 heteroatoms. The molecule has 1 aliphatic rings. The Balaban J connectivity index is 1.63. The highest BCUT2D eigenvalue weighted by Gasteiger charge is 2.31. The van der Waals surface area contributed by atoms with Crippen molar-refractivity contribution in [2.24, 2.45) is 5.92 Å². The van der Waals surface area contributed by atoms with Crippen LogP contribution in [0.3, 0.4) is 0 Å². The van der Waals surface area contributed by atoms with Gasteiger partial charge in [-0.15, -0.1) is 0 Å². The fourth-order valence-corrected chi connectivity index (χ4v) is 3.67. The van der Waals surface area contributed by atoms with Gasteiger partial charge in [0.25, 0.3) is 5.91 Å². The van der Waals surface area contributed by atoms with Crippen LogP contribution in [-0.2, 0) is 38.6 Å². The number of ether oxygens (including phenoxy) is 1. The Hall–Kier alpha value is -3.82. The first-order valence-corrected chi connectivity index (χ1v) is 11.7. The average molecular weight is 482 g/mol. The normalized spacial score (nSPS) is 17.4. The molecule has 0 fully saturated rings. The van der Waals surface area contributed by atoms with E-state index in [0.717, 1.165) is 11.3 Å². The predicted octanol–water partition coefficient (Wildman–Crippen LogP) is 1.48. The van der Waals surface area contributed by atoms with Gasteiger partial charge in [0.1, 0.15) is 18.5 Å². The van der Waals surface area contributed by atoms with E-state index in [4.69, 9.17) is 4.74 Å². The lowest BCUT2D eigenvalue weighted by Gasteiger charge is -2.25. The third-order valence-electron chi connectivity index (χ3n) is 5.62. The molecule has 35 heavy (non-hydrogen) atoms. The molecule has 1 aliphatic heterocycles. The highest BCUT2D eigenvalue weighted by molar-refractivity contribution is 6.38. The maximum absolute atomic E-state index is 13.0. The van der Waals surface area contributed by atoms with E-state index < -0.39 is 35.8 Å². The van der Waals surface area contributed by atoms with Crippen molar-refractivity contribution in [2.75, 3.05) is 6.54 Å². The Morgan fingerprint density at radius 1 is 1.14 bits per heavy atom. The number of amides is 3. The average Bonchev–Trinajstić information content (AvgIpc) is 2.85. The van der Waals surface area contributed by atoms with E-state index >= 15 is 0 Å². The number of rotatable bonds is 6. The van der Waals surface area contributed by atoms with Crippen LogP contribution >= 0.6 is 0 Å². The number of benzene rings is 1. The molecule has 2 aromatic rings. The largest absolute Gasteiger partial charge is 0.445 e. The summed E-state index contributed by atoms with van der Waals surface area (Å²) in [6.07, 6.45) is 2.62. The second-order valence-electron chi connectivity index (χ2n) is 8.72. The molecule has 3 amide bonds. The molecule has 1 aromatic carbocycles. The van der Waals surface area contributed by atoms with Gasteiger partial charge in [0.15, 0.2) is 0 Å². The fraction of sp³-hybridized carbons (Fsp3) is 0.440. The third-order valence-corrected chi connectivity index (χ3v) is 5.62. The van der Waals surface area contributed by atoms with Gasteiger partial charge < -0.3 is 20.7 Å². The number of aromatic nitrogens is 2. The summed E-state index contributed by atoms with van der Waals surface area (Å²) in [5.74, 6) is -1.69. The van der Waals surface area contributed by atoms with Gasteiger partial charge in [0.2, 0.25) is 11.7 Å². The summed E-state index contributed by atoms with van der Waals surface area (Å²) in [6.45, 7) is 3.83. The van der Waals surface area contributed by atoms with E-state index in [1.165, 1.54) is 0 Å². The van der Waals surface area contributed by atoms with Gasteiger partial charge in [-0.2, -0.15) is 0 Å². The standard InChI is InChI=1S/C25H31N5O5/c1-16(2)21(30-25(34)35-15-17-7-4-3-5-8-17)23(32)29-19-9-6-10-20-26-13-11-18(28-20)12-14-27-24(33)22(19)31/h3-5,7-8,11,13,16,19,21H,6,9-10,12,14-15H2,1-2H3,(H,27,33)(H,29,32)(H,30,34). The first-order valence-electron chi connectivity index (χ1n) is 11.7.